The standard InChI is InChI=1S/C14H18F4N2/c1-2-19-10-5-7-20(8-6-10)11-3-4-13(15)12(9-11)14(16,17)18/h3-4,9-10,19H,2,5-8H2,1H3. The lowest BCUT2D eigenvalue weighted by molar-refractivity contribution is -0.139. The molecular weight excluding hydrogens is 272 g/mol. The highest BCUT2D eigenvalue weighted by Crippen LogP contribution is 2.34. The Morgan fingerprint density at radius 2 is 1.90 bits per heavy atom. The molecule has 2 nitrogen and oxygen atoms in total. The van der Waals surface area contributed by atoms with Gasteiger partial charge in [0, 0.05) is 24.8 Å². The Kier molecular flexibility index (Phi) is 4.52. The Morgan fingerprint density at radius 1 is 1.25 bits per heavy atom. The molecule has 20 heavy (non-hydrogen) atoms. The molecule has 0 radical (unpaired) electrons. The SMILES string of the molecule is CCNC1CCN(c2ccc(F)c(C(F)(F)F)c2)CC1. The number of hydrogen-bond acceptors (Lipinski definition) is 2. The topological polar surface area (TPSA) is 15.3 Å². The molecule has 2 rings (SSSR count). The molecule has 1 fully saturated rings. The maximum absolute atomic E-state index is 13.2. The predicted molar refractivity (Wildman–Crippen MR) is 70.3 cm³/mol. The Bertz CT molecular complexity index is 451. The van der Waals surface area contributed by atoms with Gasteiger partial charge in [-0.05, 0) is 37.6 Å². The minimum atomic E-state index is -4.65. The van der Waals surface area contributed by atoms with Gasteiger partial charge in [-0.3, -0.25) is 0 Å². The minimum absolute atomic E-state index is 0.416. The molecule has 112 valence electrons. The Morgan fingerprint density at radius 3 is 2.45 bits per heavy atom. The van der Waals surface area contributed by atoms with E-state index in [9.17, 15) is 17.6 Å². The molecule has 1 N–H and O–H groups in total. The molecule has 1 heterocycles. The first-order valence-corrected chi connectivity index (χ1v) is 6.77. The summed E-state index contributed by atoms with van der Waals surface area (Å²) in [5.74, 6) is -1.22. The van der Waals surface area contributed by atoms with Gasteiger partial charge in [0.2, 0.25) is 0 Å². The summed E-state index contributed by atoms with van der Waals surface area (Å²) >= 11 is 0. The van der Waals surface area contributed by atoms with E-state index in [1.54, 1.807) is 0 Å². The average Bonchev–Trinajstić information content (AvgIpc) is 2.39. The maximum atomic E-state index is 13.2. The molecule has 0 aliphatic carbocycles. The molecule has 1 aliphatic rings. The highest BCUT2D eigenvalue weighted by Gasteiger charge is 2.34. The number of anilines is 1. The van der Waals surface area contributed by atoms with Crippen LogP contribution in [0.5, 0.6) is 0 Å². The first-order valence-electron chi connectivity index (χ1n) is 6.77. The van der Waals surface area contributed by atoms with Gasteiger partial charge in [-0.2, -0.15) is 13.2 Å². The fourth-order valence-electron chi connectivity index (χ4n) is 2.56. The maximum Gasteiger partial charge on any atom is 0.419 e. The second kappa shape index (κ2) is 5.99. The van der Waals surface area contributed by atoms with Crippen molar-refractivity contribution in [1.82, 2.24) is 5.32 Å². The van der Waals surface area contributed by atoms with Crippen molar-refractivity contribution >= 4 is 5.69 Å². The Balaban J connectivity index is 2.11. The van der Waals surface area contributed by atoms with Crippen LogP contribution >= 0.6 is 0 Å². The highest BCUT2D eigenvalue weighted by molar-refractivity contribution is 5.50. The van der Waals surface area contributed by atoms with Crippen LogP contribution in [0.15, 0.2) is 18.2 Å². The van der Waals surface area contributed by atoms with Gasteiger partial charge in [0.15, 0.2) is 0 Å². The van der Waals surface area contributed by atoms with Gasteiger partial charge in [0.25, 0.3) is 0 Å². The van der Waals surface area contributed by atoms with Crippen molar-refractivity contribution in [3.8, 4) is 0 Å². The molecule has 0 spiro atoms. The first kappa shape index (κ1) is 15.1. The first-order chi connectivity index (χ1) is 9.41. The van der Waals surface area contributed by atoms with Gasteiger partial charge in [-0.1, -0.05) is 6.92 Å². The van der Waals surface area contributed by atoms with Gasteiger partial charge in [-0.15, -0.1) is 0 Å². The predicted octanol–water partition coefficient (Wildman–Crippen LogP) is 3.42. The van der Waals surface area contributed by atoms with E-state index in [-0.39, 0.29) is 0 Å². The molecular formula is C14H18F4N2. The van der Waals surface area contributed by atoms with Crippen molar-refractivity contribution in [2.24, 2.45) is 0 Å². The second-order valence-electron chi connectivity index (χ2n) is 4.98. The molecule has 1 aromatic rings. The Hall–Kier alpha value is -1.30. The molecule has 0 bridgehead atoms. The summed E-state index contributed by atoms with van der Waals surface area (Å²) in [6.45, 7) is 4.28. The van der Waals surface area contributed by atoms with Gasteiger partial charge < -0.3 is 10.2 Å². The highest BCUT2D eigenvalue weighted by atomic mass is 19.4. The monoisotopic (exact) mass is 290 g/mol. The number of nitrogens with zero attached hydrogens (tertiary/aromatic N) is 1. The van der Waals surface area contributed by atoms with Crippen molar-refractivity contribution in [2.75, 3.05) is 24.5 Å². The fourth-order valence-corrected chi connectivity index (χ4v) is 2.56. The quantitative estimate of drug-likeness (QED) is 0.858. The summed E-state index contributed by atoms with van der Waals surface area (Å²) < 4.78 is 51.3. The van der Waals surface area contributed by atoms with Crippen molar-refractivity contribution < 1.29 is 17.6 Å². The lowest BCUT2D eigenvalue weighted by Crippen LogP contribution is -2.42. The minimum Gasteiger partial charge on any atom is -0.371 e. The van der Waals surface area contributed by atoms with E-state index in [1.807, 2.05) is 11.8 Å². The van der Waals surface area contributed by atoms with Gasteiger partial charge >= 0.3 is 6.18 Å². The zero-order valence-corrected chi connectivity index (χ0v) is 11.3. The molecule has 0 aromatic heterocycles. The van der Waals surface area contributed by atoms with E-state index in [0.29, 0.717) is 24.8 Å². The van der Waals surface area contributed by atoms with Crippen molar-refractivity contribution in [2.45, 2.75) is 32.0 Å². The van der Waals surface area contributed by atoms with E-state index >= 15 is 0 Å². The van der Waals surface area contributed by atoms with E-state index in [0.717, 1.165) is 31.5 Å². The van der Waals surface area contributed by atoms with Crippen LogP contribution in [0.4, 0.5) is 23.2 Å². The van der Waals surface area contributed by atoms with Crippen LogP contribution in [-0.4, -0.2) is 25.7 Å². The summed E-state index contributed by atoms with van der Waals surface area (Å²) in [4.78, 5) is 1.88. The zero-order valence-electron chi connectivity index (χ0n) is 11.3. The van der Waals surface area contributed by atoms with Gasteiger partial charge in [-0.25, -0.2) is 4.39 Å². The summed E-state index contributed by atoms with van der Waals surface area (Å²) in [5, 5.41) is 3.33. The fraction of sp³-hybridized carbons (Fsp3) is 0.571. The molecule has 0 atom stereocenters. The summed E-state index contributed by atoms with van der Waals surface area (Å²) in [6, 6.07) is 3.63. The zero-order chi connectivity index (χ0) is 14.8. The van der Waals surface area contributed by atoms with E-state index < -0.39 is 17.6 Å². The number of nitrogens with one attached hydrogen (secondary N) is 1. The third kappa shape index (κ3) is 3.42. The largest absolute Gasteiger partial charge is 0.419 e. The third-order valence-electron chi connectivity index (χ3n) is 3.61. The van der Waals surface area contributed by atoms with E-state index in [2.05, 4.69) is 5.32 Å². The van der Waals surface area contributed by atoms with Crippen molar-refractivity contribution in [3.63, 3.8) is 0 Å². The van der Waals surface area contributed by atoms with Crippen LogP contribution in [0.3, 0.4) is 0 Å². The van der Waals surface area contributed by atoms with Crippen molar-refractivity contribution in [3.05, 3.63) is 29.6 Å². The molecule has 6 heteroatoms. The van der Waals surface area contributed by atoms with Crippen molar-refractivity contribution in [1.29, 1.82) is 0 Å². The lowest BCUT2D eigenvalue weighted by Gasteiger charge is -2.34. The van der Waals surface area contributed by atoms with Crippen LogP contribution in [0, 0.1) is 5.82 Å². The molecule has 0 amide bonds. The molecule has 1 saturated heterocycles. The van der Waals surface area contributed by atoms with Crippen LogP contribution in [0.2, 0.25) is 0 Å². The summed E-state index contributed by atoms with van der Waals surface area (Å²) in [6.07, 6.45) is -2.89. The Labute approximate surface area is 115 Å². The number of halogens is 4. The number of piperidine rings is 1. The smallest absolute Gasteiger partial charge is 0.371 e. The number of alkyl halides is 3. The summed E-state index contributed by atoms with van der Waals surface area (Å²) in [7, 11) is 0. The van der Waals surface area contributed by atoms with E-state index in [1.165, 1.54) is 6.07 Å². The van der Waals surface area contributed by atoms with E-state index in [4.69, 9.17) is 0 Å². The molecule has 0 unspecified atom stereocenters. The van der Waals surface area contributed by atoms with Crippen LogP contribution in [-0.2, 0) is 6.18 Å². The number of rotatable bonds is 3. The van der Waals surface area contributed by atoms with Gasteiger partial charge in [0.05, 0.1) is 5.56 Å². The third-order valence-corrected chi connectivity index (χ3v) is 3.61. The molecule has 1 aliphatic heterocycles. The normalized spacial score (nSPS) is 17.6. The summed E-state index contributed by atoms with van der Waals surface area (Å²) in [5.41, 5.74) is -0.752. The molecule has 0 saturated carbocycles. The second-order valence-corrected chi connectivity index (χ2v) is 4.98. The number of benzene rings is 1. The van der Waals surface area contributed by atoms with Crippen LogP contribution in [0.1, 0.15) is 25.3 Å². The van der Waals surface area contributed by atoms with Crippen LogP contribution < -0.4 is 10.2 Å². The average molecular weight is 290 g/mol. The lowest BCUT2D eigenvalue weighted by atomic mass is 10.0. The van der Waals surface area contributed by atoms with Gasteiger partial charge in [0.1, 0.15) is 5.82 Å². The van der Waals surface area contributed by atoms with Crippen LogP contribution in [0.25, 0.3) is 0 Å². The molecule has 1 aromatic carbocycles. The number of hydrogen-bond donors (Lipinski definition) is 1.